The molecule has 2 saturated heterocycles. The minimum Gasteiger partial charge on any atom is -0.370 e. The van der Waals surface area contributed by atoms with Crippen molar-refractivity contribution < 1.29 is 8.42 Å². The van der Waals surface area contributed by atoms with E-state index in [0.717, 1.165) is 66.1 Å². The zero-order valence-corrected chi connectivity index (χ0v) is 22.4. The molecule has 0 spiro atoms. The molecule has 1 N–H and O–H groups in total. The summed E-state index contributed by atoms with van der Waals surface area (Å²) in [5, 5.41) is 5.64. The number of pyridine rings is 1. The zero-order chi connectivity index (χ0) is 25.4. The van der Waals surface area contributed by atoms with Crippen molar-refractivity contribution in [3.63, 3.8) is 0 Å². The Labute approximate surface area is 214 Å². The fourth-order valence-electron chi connectivity index (χ4n) is 5.30. The minimum atomic E-state index is -2.96. The van der Waals surface area contributed by atoms with Gasteiger partial charge in [0.1, 0.15) is 21.5 Å². The number of hydrogen-bond donors (Lipinski definition) is 1. The third-order valence-electron chi connectivity index (χ3n) is 7.34. The second-order valence-electron chi connectivity index (χ2n) is 10.8. The van der Waals surface area contributed by atoms with Crippen LogP contribution in [0.4, 0.5) is 23.3 Å². The van der Waals surface area contributed by atoms with Gasteiger partial charge in [-0.3, -0.25) is 0 Å². The maximum atomic E-state index is 11.7. The summed E-state index contributed by atoms with van der Waals surface area (Å²) in [5.74, 6) is 3.79. The maximum Gasteiger partial charge on any atom is 0.227 e. The lowest BCUT2D eigenvalue weighted by atomic mass is 9.93. The van der Waals surface area contributed by atoms with E-state index in [1.54, 1.807) is 6.20 Å². The predicted molar refractivity (Wildman–Crippen MR) is 147 cm³/mol. The van der Waals surface area contributed by atoms with Gasteiger partial charge in [0.15, 0.2) is 0 Å². The van der Waals surface area contributed by atoms with E-state index < -0.39 is 9.84 Å². The van der Waals surface area contributed by atoms with Gasteiger partial charge in [0.05, 0.1) is 5.75 Å². The fraction of sp³-hybridized carbons (Fsp3) is 0.519. The van der Waals surface area contributed by atoms with Gasteiger partial charge in [-0.2, -0.15) is 4.98 Å². The Hall–Kier alpha value is -2.94. The van der Waals surface area contributed by atoms with Gasteiger partial charge >= 0.3 is 0 Å². The summed E-state index contributed by atoms with van der Waals surface area (Å²) in [4.78, 5) is 18.5. The first-order valence-electron chi connectivity index (χ1n) is 12.9. The average Bonchev–Trinajstić information content (AvgIpc) is 2.80. The summed E-state index contributed by atoms with van der Waals surface area (Å²) in [6.45, 7) is 10.2. The number of nitrogens with one attached hydrogen (secondary N) is 1. The molecule has 3 aromatic rings. The largest absolute Gasteiger partial charge is 0.370 e. The van der Waals surface area contributed by atoms with Gasteiger partial charge in [0.2, 0.25) is 5.95 Å². The molecule has 2 aromatic heterocycles. The standard InChI is InChI=1S/C27H36N6O2S/c1-18(2)21-5-6-24(33-15-20(16-33)17-36(4,34)35)23-14-29-26(13-22(21)23)30-25-7-10-28-27(31-25)32-11-8-19(3)9-12-32/h5-7,10,13-14,18-20H,8-9,11-12,15-17H2,1-4H3,(H,28,29,30,31). The number of fused-ring (bicyclic) bond motifs is 1. The van der Waals surface area contributed by atoms with Crippen LogP contribution in [0.15, 0.2) is 36.7 Å². The van der Waals surface area contributed by atoms with Gasteiger partial charge in [-0.1, -0.05) is 26.8 Å². The van der Waals surface area contributed by atoms with E-state index in [-0.39, 0.29) is 11.7 Å². The van der Waals surface area contributed by atoms with Crippen molar-refractivity contribution in [1.82, 2.24) is 15.0 Å². The summed E-state index contributed by atoms with van der Waals surface area (Å²) in [5.41, 5.74) is 2.38. The lowest BCUT2D eigenvalue weighted by Gasteiger charge is -2.41. The van der Waals surface area contributed by atoms with Gasteiger partial charge in [-0.15, -0.1) is 0 Å². The van der Waals surface area contributed by atoms with Crippen molar-refractivity contribution in [2.24, 2.45) is 11.8 Å². The summed E-state index contributed by atoms with van der Waals surface area (Å²) in [6.07, 6.45) is 7.38. The molecule has 2 aliphatic heterocycles. The summed E-state index contributed by atoms with van der Waals surface area (Å²) < 4.78 is 23.3. The Balaban J connectivity index is 1.39. The number of hydrogen-bond acceptors (Lipinski definition) is 8. The number of benzene rings is 1. The Morgan fingerprint density at radius 3 is 2.47 bits per heavy atom. The molecule has 0 unspecified atom stereocenters. The number of rotatable bonds is 7. The first-order valence-corrected chi connectivity index (χ1v) is 14.9. The first-order chi connectivity index (χ1) is 17.2. The van der Waals surface area contributed by atoms with E-state index in [2.05, 4.69) is 59.1 Å². The van der Waals surface area contributed by atoms with Crippen LogP contribution in [0.2, 0.25) is 0 Å². The highest BCUT2D eigenvalue weighted by Gasteiger charge is 2.31. The molecule has 0 atom stereocenters. The lowest BCUT2D eigenvalue weighted by Crippen LogP contribution is -2.49. The van der Waals surface area contributed by atoms with Gasteiger partial charge < -0.3 is 15.1 Å². The molecule has 0 amide bonds. The molecule has 5 rings (SSSR count). The quantitative estimate of drug-likeness (QED) is 0.495. The molecule has 8 nitrogen and oxygen atoms in total. The van der Waals surface area contributed by atoms with Crippen molar-refractivity contribution in [1.29, 1.82) is 0 Å². The zero-order valence-electron chi connectivity index (χ0n) is 21.6. The van der Waals surface area contributed by atoms with E-state index >= 15 is 0 Å². The van der Waals surface area contributed by atoms with Crippen LogP contribution in [-0.2, 0) is 9.84 Å². The van der Waals surface area contributed by atoms with Crippen LogP contribution in [0.5, 0.6) is 0 Å². The predicted octanol–water partition coefficient (Wildman–Crippen LogP) is 4.61. The van der Waals surface area contributed by atoms with Crippen LogP contribution in [0.25, 0.3) is 10.8 Å². The van der Waals surface area contributed by atoms with Gasteiger partial charge in [-0.25, -0.2) is 18.4 Å². The molecule has 2 aliphatic rings. The van der Waals surface area contributed by atoms with Crippen LogP contribution in [0, 0.1) is 11.8 Å². The molecule has 0 saturated carbocycles. The second kappa shape index (κ2) is 9.84. The van der Waals surface area contributed by atoms with Gasteiger partial charge in [0, 0.05) is 61.8 Å². The van der Waals surface area contributed by atoms with E-state index in [0.29, 0.717) is 5.92 Å². The molecule has 4 heterocycles. The molecule has 9 heteroatoms. The second-order valence-corrected chi connectivity index (χ2v) is 13.0. The van der Waals surface area contributed by atoms with Crippen LogP contribution in [0.3, 0.4) is 0 Å². The highest BCUT2D eigenvalue weighted by molar-refractivity contribution is 7.90. The molecule has 0 aliphatic carbocycles. The average molecular weight is 509 g/mol. The van der Waals surface area contributed by atoms with E-state index in [9.17, 15) is 8.42 Å². The minimum absolute atomic E-state index is 0.184. The fourth-order valence-corrected chi connectivity index (χ4v) is 6.37. The smallest absolute Gasteiger partial charge is 0.227 e. The Bertz CT molecular complexity index is 1350. The maximum absolute atomic E-state index is 11.7. The molecule has 0 bridgehead atoms. The van der Waals surface area contributed by atoms with Gasteiger partial charge in [-0.05, 0) is 53.8 Å². The summed E-state index contributed by atoms with van der Waals surface area (Å²) in [7, 11) is -2.96. The van der Waals surface area contributed by atoms with Crippen LogP contribution >= 0.6 is 0 Å². The number of nitrogens with zero attached hydrogens (tertiary/aromatic N) is 5. The summed E-state index contributed by atoms with van der Waals surface area (Å²) >= 11 is 0. The number of piperidine rings is 1. The van der Waals surface area contributed by atoms with E-state index in [1.807, 2.05) is 12.3 Å². The Morgan fingerprint density at radius 1 is 1.03 bits per heavy atom. The SMILES string of the molecule is CC1CCN(c2nccc(Nc3cc4c(C(C)C)ccc(N5CC(CS(C)(=O)=O)C5)c4cn3)n2)CC1. The lowest BCUT2D eigenvalue weighted by molar-refractivity contribution is 0.434. The van der Waals surface area contributed by atoms with E-state index in [4.69, 9.17) is 9.97 Å². The normalized spacial score (nSPS) is 17.6. The first kappa shape index (κ1) is 24.7. The monoisotopic (exact) mass is 508 g/mol. The number of aromatic nitrogens is 3. The molecular formula is C27H36N6O2S. The Kier molecular flexibility index (Phi) is 6.76. The third kappa shape index (κ3) is 5.40. The highest BCUT2D eigenvalue weighted by Crippen LogP contribution is 2.37. The topological polar surface area (TPSA) is 91.3 Å². The molecule has 192 valence electrons. The van der Waals surface area contributed by atoms with Crippen LogP contribution < -0.4 is 15.1 Å². The van der Waals surface area contributed by atoms with Crippen LogP contribution in [0.1, 0.15) is 45.1 Å². The summed E-state index contributed by atoms with van der Waals surface area (Å²) in [6, 6.07) is 8.32. The molecule has 2 fully saturated rings. The third-order valence-corrected chi connectivity index (χ3v) is 8.41. The van der Waals surface area contributed by atoms with Crippen molar-refractivity contribution in [2.45, 2.75) is 39.5 Å². The van der Waals surface area contributed by atoms with Crippen molar-refractivity contribution in [3.8, 4) is 0 Å². The van der Waals surface area contributed by atoms with Crippen molar-refractivity contribution >= 4 is 43.9 Å². The Morgan fingerprint density at radius 2 is 1.78 bits per heavy atom. The highest BCUT2D eigenvalue weighted by atomic mass is 32.2. The molecular weight excluding hydrogens is 472 g/mol. The van der Waals surface area contributed by atoms with Crippen molar-refractivity contribution in [2.75, 3.05) is 53.3 Å². The van der Waals surface area contributed by atoms with Crippen molar-refractivity contribution in [3.05, 3.63) is 42.2 Å². The molecule has 36 heavy (non-hydrogen) atoms. The van der Waals surface area contributed by atoms with Gasteiger partial charge in [0.25, 0.3) is 0 Å². The number of sulfone groups is 1. The molecule has 0 radical (unpaired) electrons. The number of anilines is 4. The van der Waals surface area contributed by atoms with Crippen LogP contribution in [-0.4, -0.2) is 61.6 Å². The van der Waals surface area contributed by atoms with E-state index in [1.165, 1.54) is 24.7 Å². The molecule has 1 aromatic carbocycles.